The third-order valence-electron chi connectivity index (χ3n) is 4.15. The van der Waals surface area contributed by atoms with Gasteiger partial charge in [-0.3, -0.25) is 4.79 Å². The first-order chi connectivity index (χ1) is 6.75. The van der Waals surface area contributed by atoms with Crippen molar-refractivity contribution in [2.45, 2.75) is 31.7 Å². The van der Waals surface area contributed by atoms with Gasteiger partial charge in [-0.25, -0.2) is 0 Å². The van der Waals surface area contributed by atoms with Gasteiger partial charge in [-0.05, 0) is 37.5 Å². The molecule has 2 saturated carbocycles. The summed E-state index contributed by atoms with van der Waals surface area (Å²) in [5.74, 6) is 2.11. The quantitative estimate of drug-likeness (QED) is 0.664. The van der Waals surface area contributed by atoms with E-state index in [2.05, 4.69) is 4.90 Å². The van der Waals surface area contributed by atoms with Crippen LogP contribution in [0.15, 0.2) is 0 Å². The predicted octanol–water partition coefficient (Wildman–Crippen LogP) is 0.592. The van der Waals surface area contributed by atoms with Crippen LogP contribution in [0.1, 0.15) is 25.7 Å². The summed E-state index contributed by atoms with van der Waals surface area (Å²) in [5.41, 5.74) is 6.04. The fourth-order valence-electron chi connectivity index (χ4n) is 3.08. The van der Waals surface area contributed by atoms with Crippen LogP contribution in [0.3, 0.4) is 0 Å². The fourth-order valence-corrected chi connectivity index (χ4v) is 3.08. The first-order valence-corrected chi connectivity index (χ1v) is 5.80. The molecule has 3 unspecified atom stereocenters. The molecule has 3 rings (SSSR count). The van der Waals surface area contributed by atoms with Crippen molar-refractivity contribution in [1.29, 1.82) is 0 Å². The SMILES string of the molecule is NC1CCC2CN(C(=O)C3CC3)CC12. The van der Waals surface area contributed by atoms with Gasteiger partial charge < -0.3 is 10.6 Å². The molecule has 3 heteroatoms. The number of amides is 1. The number of fused-ring (bicyclic) bond motifs is 1. The summed E-state index contributed by atoms with van der Waals surface area (Å²) >= 11 is 0. The van der Waals surface area contributed by atoms with Gasteiger partial charge in [0.05, 0.1) is 0 Å². The smallest absolute Gasteiger partial charge is 0.225 e. The number of likely N-dealkylation sites (tertiary alicyclic amines) is 1. The van der Waals surface area contributed by atoms with Gasteiger partial charge in [0.25, 0.3) is 0 Å². The molecule has 3 nitrogen and oxygen atoms in total. The Morgan fingerprint density at radius 2 is 1.93 bits per heavy atom. The summed E-state index contributed by atoms with van der Waals surface area (Å²) in [4.78, 5) is 13.9. The molecule has 1 amide bonds. The zero-order chi connectivity index (χ0) is 9.71. The molecule has 0 aromatic heterocycles. The van der Waals surface area contributed by atoms with Crippen LogP contribution < -0.4 is 5.73 Å². The summed E-state index contributed by atoms with van der Waals surface area (Å²) in [6, 6.07) is 0.358. The molecular formula is C11H18N2O. The zero-order valence-electron chi connectivity index (χ0n) is 8.48. The highest BCUT2D eigenvalue weighted by atomic mass is 16.2. The average Bonchev–Trinajstić information content (AvgIpc) is 2.84. The van der Waals surface area contributed by atoms with E-state index in [0.29, 0.717) is 29.7 Å². The third kappa shape index (κ3) is 1.26. The van der Waals surface area contributed by atoms with Gasteiger partial charge in [0.1, 0.15) is 0 Å². The molecule has 3 fully saturated rings. The van der Waals surface area contributed by atoms with Crippen molar-refractivity contribution in [3.05, 3.63) is 0 Å². The third-order valence-corrected chi connectivity index (χ3v) is 4.15. The van der Waals surface area contributed by atoms with Gasteiger partial charge in [0.2, 0.25) is 5.91 Å². The summed E-state index contributed by atoms with van der Waals surface area (Å²) in [7, 11) is 0. The summed E-state index contributed by atoms with van der Waals surface area (Å²) in [6.07, 6.45) is 4.65. The minimum absolute atomic E-state index is 0.358. The molecule has 14 heavy (non-hydrogen) atoms. The van der Waals surface area contributed by atoms with Crippen molar-refractivity contribution in [2.75, 3.05) is 13.1 Å². The number of hydrogen-bond acceptors (Lipinski definition) is 2. The Kier molecular flexibility index (Phi) is 1.84. The number of rotatable bonds is 1. The lowest BCUT2D eigenvalue weighted by Gasteiger charge is -2.18. The monoisotopic (exact) mass is 194 g/mol. The number of nitrogens with two attached hydrogens (primary N) is 1. The van der Waals surface area contributed by atoms with Gasteiger partial charge in [0, 0.05) is 25.0 Å². The number of nitrogens with zero attached hydrogens (tertiary/aromatic N) is 1. The Balaban J connectivity index is 1.66. The van der Waals surface area contributed by atoms with Crippen LogP contribution in [0.4, 0.5) is 0 Å². The number of carbonyl (C=O) groups is 1. The highest BCUT2D eigenvalue weighted by Gasteiger charge is 2.45. The van der Waals surface area contributed by atoms with Crippen molar-refractivity contribution in [3.63, 3.8) is 0 Å². The molecule has 78 valence electrons. The van der Waals surface area contributed by atoms with E-state index in [9.17, 15) is 4.79 Å². The van der Waals surface area contributed by atoms with Gasteiger partial charge in [-0.2, -0.15) is 0 Å². The summed E-state index contributed by atoms with van der Waals surface area (Å²) < 4.78 is 0. The van der Waals surface area contributed by atoms with Crippen LogP contribution in [0.25, 0.3) is 0 Å². The minimum Gasteiger partial charge on any atom is -0.342 e. The van der Waals surface area contributed by atoms with Crippen molar-refractivity contribution in [2.24, 2.45) is 23.5 Å². The molecule has 0 aromatic carbocycles. The fraction of sp³-hybridized carbons (Fsp3) is 0.909. The van der Waals surface area contributed by atoms with E-state index in [1.54, 1.807) is 0 Å². The first kappa shape index (κ1) is 8.72. The molecule has 0 bridgehead atoms. The lowest BCUT2D eigenvalue weighted by Crippen LogP contribution is -2.34. The second kappa shape index (κ2) is 2.96. The molecule has 1 saturated heterocycles. The van der Waals surface area contributed by atoms with Crippen LogP contribution in [-0.2, 0) is 4.79 Å². The average molecular weight is 194 g/mol. The van der Waals surface area contributed by atoms with Crippen molar-refractivity contribution >= 4 is 5.91 Å². The van der Waals surface area contributed by atoms with Crippen LogP contribution in [0.5, 0.6) is 0 Å². The molecule has 3 aliphatic rings. The van der Waals surface area contributed by atoms with Gasteiger partial charge in [-0.15, -0.1) is 0 Å². The van der Waals surface area contributed by atoms with E-state index in [-0.39, 0.29) is 0 Å². The topological polar surface area (TPSA) is 46.3 Å². The van der Waals surface area contributed by atoms with E-state index < -0.39 is 0 Å². The van der Waals surface area contributed by atoms with E-state index in [0.717, 1.165) is 25.9 Å². The van der Waals surface area contributed by atoms with Gasteiger partial charge >= 0.3 is 0 Å². The summed E-state index contributed by atoms with van der Waals surface area (Å²) in [5, 5.41) is 0. The Hall–Kier alpha value is -0.570. The highest BCUT2D eigenvalue weighted by Crippen LogP contribution is 2.40. The zero-order valence-corrected chi connectivity index (χ0v) is 8.48. The first-order valence-electron chi connectivity index (χ1n) is 5.80. The van der Waals surface area contributed by atoms with Crippen molar-refractivity contribution < 1.29 is 4.79 Å². The van der Waals surface area contributed by atoms with Gasteiger partial charge in [0.15, 0.2) is 0 Å². The molecule has 2 N–H and O–H groups in total. The molecule has 1 aliphatic heterocycles. The molecule has 3 atom stereocenters. The lowest BCUT2D eigenvalue weighted by atomic mass is 9.98. The molecule has 0 radical (unpaired) electrons. The van der Waals surface area contributed by atoms with E-state index in [1.807, 2.05) is 0 Å². The second-order valence-electron chi connectivity index (χ2n) is 5.18. The molecular weight excluding hydrogens is 176 g/mol. The lowest BCUT2D eigenvalue weighted by molar-refractivity contribution is -0.131. The maximum atomic E-state index is 11.8. The summed E-state index contributed by atoms with van der Waals surface area (Å²) in [6.45, 7) is 1.94. The maximum absolute atomic E-state index is 11.8. The molecule has 2 aliphatic carbocycles. The van der Waals surface area contributed by atoms with Gasteiger partial charge in [-0.1, -0.05) is 0 Å². The Morgan fingerprint density at radius 1 is 1.14 bits per heavy atom. The largest absolute Gasteiger partial charge is 0.342 e. The Labute approximate surface area is 84.6 Å². The van der Waals surface area contributed by atoms with Crippen LogP contribution >= 0.6 is 0 Å². The number of hydrogen-bond donors (Lipinski definition) is 1. The predicted molar refractivity (Wildman–Crippen MR) is 53.5 cm³/mol. The molecule has 1 heterocycles. The van der Waals surface area contributed by atoms with Crippen LogP contribution in [0.2, 0.25) is 0 Å². The molecule has 0 aromatic rings. The Morgan fingerprint density at radius 3 is 2.57 bits per heavy atom. The van der Waals surface area contributed by atoms with Crippen LogP contribution in [0, 0.1) is 17.8 Å². The van der Waals surface area contributed by atoms with Crippen molar-refractivity contribution in [1.82, 2.24) is 4.90 Å². The minimum atomic E-state index is 0.358. The van der Waals surface area contributed by atoms with E-state index in [4.69, 9.17) is 5.73 Å². The van der Waals surface area contributed by atoms with Crippen molar-refractivity contribution in [3.8, 4) is 0 Å². The number of carbonyl (C=O) groups excluding carboxylic acids is 1. The maximum Gasteiger partial charge on any atom is 0.225 e. The normalized spacial score (nSPS) is 41.5. The second-order valence-corrected chi connectivity index (χ2v) is 5.18. The molecule has 0 spiro atoms. The Bertz CT molecular complexity index is 262. The highest BCUT2D eigenvalue weighted by molar-refractivity contribution is 5.81. The van der Waals surface area contributed by atoms with E-state index in [1.165, 1.54) is 12.8 Å². The van der Waals surface area contributed by atoms with E-state index >= 15 is 0 Å². The standard InChI is InChI=1S/C11H18N2O/c12-10-4-3-8-5-13(6-9(8)10)11(14)7-1-2-7/h7-10H,1-6,12H2. The van der Waals surface area contributed by atoms with Crippen LogP contribution in [-0.4, -0.2) is 29.9 Å².